The summed E-state index contributed by atoms with van der Waals surface area (Å²) in [6.45, 7) is 1.43. The Morgan fingerprint density at radius 1 is 1.06 bits per heavy atom. The minimum Gasteiger partial charge on any atom is -0.455 e. The molecule has 1 aliphatic rings. The quantitative estimate of drug-likeness (QED) is 0.480. The molecule has 3 aromatic rings. The Labute approximate surface area is 184 Å². The molecule has 4 rings (SSSR count). The van der Waals surface area contributed by atoms with Crippen molar-refractivity contribution in [3.8, 4) is 0 Å². The number of rotatable bonds is 5. The molecule has 0 bridgehead atoms. The summed E-state index contributed by atoms with van der Waals surface area (Å²) < 4.78 is 5.24. The molecule has 0 aliphatic carbocycles. The summed E-state index contributed by atoms with van der Waals surface area (Å²) in [4.78, 5) is 39.6. The molecule has 1 N–H and O–H groups in total. The third-order valence-electron chi connectivity index (χ3n) is 5.06. The van der Waals surface area contributed by atoms with Crippen LogP contribution in [0.3, 0.4) is 0 Å². The minimum absolute atomic E-state index is 0.109. The van der Waals surface area contributed by atoms with Crippen LogP contribution in [0, 0.1) is 0 Å². The van der Waals surface area contributed by atoms with Crippen molar-refractivity contribution in [3.63, 3.8) is 0 Å². The van der Waals surface area contributed by atoms with Crippen LogP contribution in [0.25, 0.3) is 10.8 Å². The first-order valence-corrected chi connectivity index (χ1v) is 11.0. The standard InChI is InChI=1S/C24H22N2O4S/c1-16-12-22(27)25-20-8-4-5-9-21(20)26(16)23(28)14-30-24(29)15-31-19-11-10-17-6-2-3-7-18(17)13-19/h2-11,13,16H,12,14-15H2,1H3,(H,25,27). The molecule has 0 aromatic heterocycles. The molecule has 0 saturated carbocycles. The zero-order valence-corrected chi connectivity index (χ0v) is 17.9. The van der Waals surface area contributed by atoms with Crippen molar-refractivity contribution in [2.75, 3.05) is 22.6 Å². The molecule has 1 heterocycles. The van der Waals surface area contributed by atoms with Crippen molar-refractivity contribution in [1.29, 1.82) is 0 Å². The van der Waals surface area contributed by atoms with Gasteiger partial charge in [-0.2, -0.15) is 0 Å². The highest BCUT2D eigenvalue weighted by Crippen LogP contribution is 2.31. The van der Waals surface area contributed by atoms with Crippen molar-refractivity contribution < 1.29 is 19.1 Å². The van der Waals surface area contributed by atoms with Gasteiger partial charge in [0.1, 0.15) is 0 Å². The Hall–Kier alpha value is -3.32. The molecule has 1 aliphatic heterocycles. The van der Waals surface area contributed by atoms with E-state index in [4.69, 9.17) is 4.74 Å². The van der Waals surface area contributed by atoms with Gasteiger partial charge in [0.15, 0.2) is 6.61 Å². The second-order valence-electron chi connectivity index (χ2n) is 7.34. The Kier molecular flexibility index (Phi) is 6.23. The number of amides is 2. The Bertz CT molecular complexity index is 1150. The summed E-state index contributed by atoms with van der Waals surface area (Å²) >= 11 is 1.37. The smallest absolute Gasteiger partial charge is 0.316 e. The number of nitrogens with zero attached hydrogens (tertiary/aromatic N) is 1. The van der Waals surface area contributed by atoms with Crippen LogP contribution in [0.4, 0.5) is 11.4 Å². The van der Waals surface area contributed by atoms with E-state index in [1.165, 1.54) is 16.7 Å². The van der Waals surface area contributed by atoms with Gasteiger partial charge in [0.05, 0.1) is 17.1 Å². The lowest BCUT2D eigenvalue weighted by atomic mass is 10.1. The lowest BCUT2D eigenvalue weighted by Crippen LogP contribution is -2.41. The summed E-state index contributed by atoms with van der Waals surface area (Å²) in [5, 5.41) is 5.05. The predicted molar refractivity (Wildman–Crippen MR) is 122 cm³/mol. The van der Waals surface area contributed by atoms with Gasteiger partial charge in [-0.3, -0.25) is 14.4 Å². The topological polar surface area (TPSA) is 75.7 Å². The predicted octanol–water partition coefficient (Wildman–Crippen LogP) is 4.24. The van der Waals surface area contributed by atoms with Crippen LogP contribution < -0.4 is 10.2 Å². The first-order chi connectivity index (χ1) is 15.0. The van der Waals surface area contributed by atoms with Gasteiger partial charge in [0.25, 0.3) is 5.91 Å². The maximum atomic E-state index is 12.9. The molecule has 31 heavy (non-hydrogen) atoms. The number of hydrogen-bond acceptors (Lipinski definition) is 5. The molecule has 1 unspecified atom stereocenters. The number of benzene rings is 3. The fourth-order valence-electron chi connectivity index (χ4n) is 3.62. The second kappa shape index (κ2) is 9.22. The van der Waals surface area contributed by atoms with Gasteiger partial charge < -0.3 is 15.0 Å². The van der Waals surface area contributed by atoms with Crippen LogP contribution in [-0.2, 0) is 19.1 Å². The van der Waals surface area contributed by atoms with E-state index >= 15 is 0 Å². The monoisotopic (exact) mass is 434 g/mol. The molecular formula is C24H22N2O4S. The molecule has 0 saturated heterocycles. The molecule has 158 valence electrons. The van der Waals surface area contributed by atoms with Crippen LogP contribution in [-0.4, -0.2) is 36.2 Å². The van der Waals surface area contributed by atoms with Gasteiger partial charge in [-0.1, -0.05) is 42.5 Å². The molecule has 2 amide bonds. The van der Waals surface area contributed by atoms with Crippen LogP contribution in [0.2, 0.25) is 0 Å². The van der Waals surface area contributed by atoms with E-state index in [0.29, 0.717) is 11.4 Å². The molecule has 7 heteroatoms. The average Bonchev–Trinajstić information content (AvgIpc) is 2.90. The third-order valence-corrected chi connectivity index (χ3v) is 6.03. The number of carbonyl (C=O) groups is 3. The number of fused-ring (bicyclic) bond motifs is 2. The first-order valence-electron chi connectivity index (χ1n) is 9.99. The largest absolute Gasteiger partial charge is 0.455 e. The molecule has 0 radical (unpaired) electrons. The van der Waals surface area contributed by atoms with Gasteiger partial charge >= 0.3 is 5.97 Å². The summed E-state index contributed by atoms with van der Waals surface area (Å²) in [6.07, 6.45) is 0.173. The molecular weight excluding hydrogens is 412 g/mol. The second-order valence-corrected chi connectivity index (χ2v) is 8.39. The van der Waals surface area contributed by atoms with E-state index in [0.717, 1.165) is 15.7 Å². The van der Waals surface area contributed by atoms with Gasteiger partial charge in [-0.15, -0.1) is 11.8 Å². The van der Waals surface area contributed by atoms with E-state index in [9.17, 15) is 14.4 Å². The van der Waals surface area contributed by atoms with E-state index in [1.807, 2.05) is 42.5 Å². The van der Waals surface area contributed by atoms with Gasteiger partial charge in [-0.25, -0.2) is 0 Å². The zero-order valence-electron chi connectivity index (χ0n) is 17.0. The van der Waals surface area contributed by atoms with Crippen LogP contribution in [0.15, 0.2) is 71.6 Å². The number of anilines is 2. The van der Waals surface area contributed by atoms with Gasteiger partial charge in [0.2, 0.25) is 5.91 Å². The molecule has 6 nitrogen and oxygen atoms in total. The van der Waals surface area contributed by atoms with Crippen LogP contribution in [0.1, 0.15) is 13.3 Å². The number of para-hydroxylation sites is 2. The highest BCUT2D eigenvalue weighted by Gasteiger charge is 2.30. The summed E-state index contributed by atoms with van der Waals surface area (Å²) in [6, 6.07) is 20.8. The van der Waals surface area contributed by atoms with E-state index in [2.05, 4.69) is 5.32 Å². The number of carbonyl (C=O) groups excluding carboxylic acids is 3. The average molecular weight is 435 g/mol. The fourth-order valence-corrected chi connectivity index (χ4v) is 4.36. The summed E-state index contributed by atoms with van der Waals surface area (Å²) in [5.74, 6) is -0.867. The highest BCUT2D eigenvalue weighted by atomic mass is 32.2. The van der Waals surface area contributed by atoms with Crippen molar-refractivity contribution >= 4 is 51.7 Å². The Morgan fingerprint density at radius 3 is 2.65 bits per heavy atom. The summed E-state index contributed by atoms with van der Waals surface area (Å²) in [7, 11) is 0. The van der Waals surface area contributed by atoms with Crippen molar-refractivity contribution in [3.05, 3.63) is 66.7 Å². The first kappa shape index (κ1) is 20.9. The molecule has 3 aromatic carbocycles. The number of hydrogen-bond donors (Lipinski definition) is 1. The van der Waals surface area contributed by atoms with Crippen molar-refractivity contribution in [2.24, 2.45) is 0 Å². The van der Waals surface area contributed by atoms with E-state index < -0.39 is 5.97 Å². The lowest BCUT2D eigenvalue weighted by molar-refractivity contribution is -0.145. The van der Waals surface area contributed by atoms with Gasteiger partial charge in [-0.05, 0) is 42.0 Å². The lowest BCUT2D eigenvalue weighted by Gasteiger charge is -2.27. The minimum atomic E-state index is -0.462. The number of thioether (sulfide) groups is 1. The Morgan fingerprint density at radius 2 is 1.81 bits per heavy atom. The van der Waals surface area contributed by atoms with Crippen LogP contribution >= 0.6 is 11.8 Å². The zero-order chi connectivity index (χ0) is 21.8. The normalized spacial score (nSPS) is 15.7. The van der Waals surface area contributed by atoms with Crippen LogP contribution in [0.5, 0.6) is 0 Å². The fraction of sp³-hybridized carbons (Fsp3) is 0.208. The maximum Gasteiger partial charge on any atom is 0.316 e. The van der Waals surface area contributed by atoms with E-state index in [1.54, 1.807) is 31.2 Å². The van der Waals surface area contributed by atoms with Crippen molar-refractivity contribution in [2.45, 2.75) is 24.3 Å². The Balaban J connectivity index is 1.36. The number of ether oxygens (including phenoxy) is 1. The number of nitrogens with one attached hydrogen (secondary N) is 1. The van der Waals surface area contributed by atoms with Crippen molar-refractivity contribution in [1.82, 2.24) is 0 Å². The molecule has 0 fully saturated rings. The van der Waals surface area contributed by atoms with E-state index in [-0.39, 0.29) is 36.6 Å². The van der Waals surface area contributed by atoms with Gasteiger partial charge in [0, 0.05) is 17.4 Å². The number of esters is 1. The maximum absolute atomic E-state index is 12.9. The summed E-state index contributed by atoms with van der Waals surface area (Å²) in [5.41, 5.74) is 1.18. The third kappa shape index (κ3) is 4.88. The molecule has 0 spiro atoms. The molecule has 1 atom stereocenters. The SMILES string of the molecule is CC1CC(=O)Nc2ccccc2N1C(=O)COC(=O)CSc1ccc2ccccc2c1. The highest BCUT2D eigenvalue weighted by molar-refractivity contribution is 8.00.